The molecule has 0 unspecified atom stereocenters. The highest BCUT2D eigenvalue weighted by Crippen LogP contribution is 2.52. The molecule has 0 aliphatic carbocycles. The molecule has 13 aromatic carbocycles. The molecule has 0 amide bonds. The summed E-state index contributed by atoms with van der Waals surface area (Å²) in [5.41, 5.74) is 23.1. The predicted molar refractivity (Wildman–Crippen MR) is 390 cm³/mol. The molecule has 7 heteroatoms. The van der Waals surface area contributed by atoms with Crippen molar-refractivity contribution in [3.8, 4) is 11.1 Å². The van der Waals surface area contributed by atoms with Crippen molar-refractivity contribution in [3.05, 3.63) is 296 Å². The Morgan fingerprint density at radius 1 is 0.363 bits per heavy atom. The standard InChI is InChI=1S/C84H65BN4OS/c1-83(2,3)58-36-41-61(42-37-58)88-72-48-46-70-68-30-16-18-34-78(68)91-82(70)80(72)85-71-47-45-65(87(63-28-19-25-57(49-63)54-21-9-7-10-22-54)73-32-20-31-69-67-29-15-17-33-77(67)90-81(69)73)51-74(71)89(62-43-38-59(39-44-62)84(4,5)6)76-53-66(52-75(88)79(76)85)86(60-26-11-8-12-27-60)64-40-35-55-23-13-14-24-56(55)50-64/h7-53H,1-6H3. The highest BCUT2D eigenvalue weighted by molar-refractivity contribution is 7.28. The van der Waals surface area contributed by atoms with E-state index in [1.165, 1.54) is 64.1 Å². The van der Waals surface area contributed by atoms with Gasteiger partial charge >= 0.3 is 0 Å². The second-order valence-electron chi connectivity index (χ2n) is 26.5. The first-order valence-electron chi connectivity index (χ1n) is 31.7. The van der Waals surface area contributed by atoms with Gasteiger partial charge in [-0.1, -0.05) is 217 Å². The zero-order valence-electron chi connectivity index (χ0n) is 51.8. The smallest absolute Gasteiger partial charge is 0.254 e. The first-order valence-corrected chi connectivity index (χ1v) is 32.5. The SMILES string of the molecule is CC(C)(C)c1ccc(N2c3cc(N(c4cccc(-c5ccccc5)c4)c4cccc5c4oc4ccccc45)ccc3B3c4c2cc(N(c2ccccc2)c2ccc5ccccc5c2)cc4N(c2ccc(C(C)(C)C)cc2)c2ccc4c(sc5ccccc54)c23)cc1. The lowest BCUT2D eigenvalue weighted by Gasteiger charge is -2.45. The number of benzene rings is 13. The van der Waals surface area contributed by atoms with Gasteiger partial charge in [-0.2, -0.15) is 0 Å². The molecule has 0 atom stereocenters. The van der Waals surface area contributed by atoms with Crippen molar-refractivity contribution < 1.29 is 4.42 Å². The Bertz CT molecular complexity index is 5350. The fourth-order valence-corrected chi connectivity index (χ4v) is 15.7. The van der Waals surface area contributed by atoms with Crippen LogP contribution >= 0.6 is 11.3 Å². The molecule has 0 N–H and O–H groups in total. The number of hydrogen-bond donors (Lipinski definition) is 0. The number of furan rings is 1. The molecule has 4 heterocycles. The maximum atomic E-state index is 7.01. The highest BCUT2D eigenvalue weighted by atomic mass is 32.1. The lowest BCUT2D eigenvalue weighted by molar-refractivity contribution is 0.590. The molecule has 0 radical (unpaired) electrons. The Hall–Kier alpha value is -10.6. The van der Waals surface area contributed by atoms with Gasteiger partial charge in [0.2, 0.25) is 0 Å². The van der Waals surface area contributed by atoms with Crippen LogP contribution in [0.4, 0.5) is 68.2 Å². The number of hydrogen-bond acceptors (Lipinski definition) is 6. The van der Waals surface area contributed by atoms with E-state index in [1.54, 1.807) is 0 Å². The molecule has 91 heavy (non-hydrogen) atoms. The Labute approximate surface area is 536 Å². The van der Waals surface area contributed by atoms with Crippen LogP contribution in [-0.4, -0.2) is 6.71 Å². The Morgan fingerprint density at radius 2 is 0.923 bits per heavy atom. The molecule has 2 aliphatic heterocycles. The highest BCUT2D eigenvalue weighted by Gasteiger charge is 2.46. The minimum absolute atomic E-state index is 0.0355. The first-order chi connectivity index (χ1) is 44.4. The zero-order chi connectivity index (χ0) is 61.3. The van der Waals surface area contributed by atoms with Gasteiger partial charge in [0.05, 0.1) is 11.4 Å². The van der Waals surface area contributed by atoms with E-state index in [0.29, 0.717) is 0 Å². The first kappa shape index (κ1) is 54.5. The Morgan fingerprint density at radius 3 is 1.65 bits per heavy atom. The number of nitrogens with zero attached hydrogens (tertiary/aromatic N) is 4. The van der Waals surface area contributed by atoms with Crippen molar-refractivity contribution in [1.29, 1.82) is 0 Å². The molecule has 2 aliphatic rings. The molecule has 0 saturated carbocycles. The summed E-state index contributed by atoms with van der Waals surface area (Å²) < 4.78 is 9.59. The monoisotopic (exact) mass is 1190 g/mol. The largest absolute Gasteiger partial charge is 0.454 e. The van der Waals surface area contributed by atoms with Crippen molar-refractivity contribution in [1.82, 2.24) is 0 Å². The third-order valence-corrected chi connectivity index (χ3v) is 20.1. The molecular formula is C84H65BN4OS. The molecule has 0 fully saturated rings. The average Bonchev–Trinajstić information content (AvgIpc) is 1.51. The van der Waals surface area contributed by atoms with E-state index >= 15 is 0 Å². The fraction of sp³-hybridized carbons (Fsp3) is 0.0952. The van der Waals surface area contributed by atoms with Crippen LogP contribution in [0.3, 0.4) is 0 Å². The van der Waals surface area contributed by atoms with E-state index in [1.807, 2.05) is 11.3 Å². The molecule has 0 saturated heterocycles. The van der Waals surface area contributed by atoms with Crippen molar-refractivity contribution in [2.24, 2.45) is 0 Å². The minimum Gasteiger partial charge on any atom is -0.454 e. The van der Waals surface area contributed by atoms with E-state index in [-0.39, 0.29) is 17.5 Å². The number of fused-ring (bicyclic) bond motifs is 12. The van der Waals surface area contributed by atoms with Crippen LogP contribution in [0.15, 0.2) is 290 Å². The van der Waals surface area contributed by atoms with Gasteiger partial charge in [-0.25, -0.2) is 0 Å². The molecule has 0 bridgehead atoms. The molecule has 436 valence electrons. The molecule has 2 aromatic heterocycles. The van der Waals surface area contributed by atoms with Gasteiger partial charge in [0.1, 0.15) is 5.58 Å². The zero-order valence-corrected chi connectivity index (χ0v) is 52.6. The van der Waals surface area contributed by atoms with E-state index in [4.69, 9.17) is 4.42 Å². The Balaban J connectivity index is 0.997. The van der Waals surface area contributed by atoms with Crippen LogP contribution in [-0.2, 0) is 10.8 Å². The second kappa shape index (κ2) is 21.0. The molecular weight excluding hydrogens is 1120 g/mol. The van der Waals surface area contributed by atoms with Crippen molar-refractivity contribution in [2.45, 2.75) is 52.4 Å². The molecule has 0 spiro atoms. The Kier molecular flexibility index (Phi) is 12.6. The molecule has 17 rings (SSSR count). The summed E-state index contributed by atoms with van der Waals surface area (Å²) in [5.74, 6) is 0. The van der Waals surface area contributed by atoms with Crippen LogP contribution in [0, 0.1) is 0 Å². The number of rotatable bonds is 9. The third kappa shape index (κ3) is 9.04. The van der Waals surface area contributed by atoms with Crippen LogP contribution in [0.5, 0.6) is 0 Å². The van der Waals surface area contributed by atoms with Gasteiger partial charge in [-0.3, -0.25) is 0 Å². The summed E-state index contributed by atoms with van der Waals surface area (Å²) in [5, 5.41) is 7.10. The summed E-state index contributed by atoms with van der Waals surface area (Å²) in [6.07, 6.45) is 0. The topological polar surface area (TPSA) is 26.1 Å². The fourth-order valence-electron chi connectivity index (χ4n) is 14.4. The van der Waals surface area contributed by atoms with E-state index in [9.17, 15) is 0 Å². The van der Waals surface area contributed by atoms with E-state index in [0.717, 1.165) is 95.6 Å². The van der Waals surface area contributed by atoms with Crippen LogP contribution in [0.25, 0.3) is 64.0 Å². The lowest BCUT2D eigenvalue weighted by atomic mass is 9.33. The lowest BCUT2D eigenvalue weighted by Crippen LogP contribution is -2.61. The summed E-state index contributed by atoms with van der Waals surface area (Å²) >= 11 is 1.92. The minimum atomic E-state index is -0.190. The third-order valence-electron chi connectivity index (χ3n) is 18.9. The van der Waals surface area contributed by atoms with Gasteiger partial charge in [0.15, 0.2) is 5.58 Å². The van der Waals surface area contributed by atoms with Gasteiger partial charge < -0.3 is 24.0 Å². The predicted octanol–water partition coefficient (Wildman–Crippen LogP) is 22.4. The quantitative estimate of drug-likeness (QED) is 0.134. The van der Waals surface area contributed by atoms with Crippen LogP contribution in [0.1, 0.15) is 52.7 Å². The second-order valence-corrected chi connectivity index (χ2v) is 27.6. The number of para-hydroxylation sites is 3. The molecule has 5 nitrogen and oxygen atoms in total. The summed E-state index contributed by atoms with van der Waals surface area (Å²) in [6.45, 7) is 13.6. The van der Waals surface area contributed by atoms with Gasteiger partial charge in [-0.15, -0.1) is 11.3 Å². The number of anilines is 12. The van der Waals surface area contributed by atoms with Crippen molar-refractivity contribution in [3.63, 3.8) is 0 Å². The summed E-state index contributed by atoms with van der Waals surface area (Å²) in [4.78, 5) is 10.1. The van der Waals surface area contributed by atoms with Crippen molar-refractivity contribution in [2.75, 3.05) is 19.6 Å². The summed E-state index contributed by atoms with van der Waals surface area (Å²) in [6, 6.07) is 106. The average molecular weight is 1190 g/mol. The van der Waals surface area contributed by atoms with Crippen LogP contribution in [0.2, 0.25) is 0 Å². The van der Waals surface area contributed by atoms with Gasteiger partial charge in [0, 0.05) is 82.4 Å². The van der Waals surface area contributed by atoms with Gasteiger partial charge in [0.25, 0.3) is 6.71 Å². The summed E-state index contributed by atoms with van der Waals surface area (Å²) in [7, 11) is 0. The van der Waals surface area contributed by atoms with Crippen molar-refractivity contribution >= 4 is 156 Å². The normalized spacial score (nSPS) is 12.9. The maximum absolute atomic E-state index is 7.01. The van der Waals surface area contributed by atoms with Crippen LogP contribution < -0.4 is 36.0 Å². The molecule has 15 aromatic rings. The van der Waals surface area contributed by atoms with Gasteiger partial charge in [-0.05, 0) is 175 Å². The maximum Gasteiger partial charge on any atom is 0.254 e. The number of thiophene rings is 1. The van der Waals surface area contributed by atoms with E-state index < -0.39 is 0 Å². The van der Waals surface area contributed by atoms with E-state index in [2.05, 4.69) is 346 Å².